The third-order valence-electron chi connectivity index (χ3n) is 2.44. The van der Waals surface area contributed by atoms with E-state index in [1.54, 1.807) is 13.0 Å². The minimum Gasteiger partial charge on any atom is -0.481 e. The summed E-state index contributed by atoms with van der Waals surface area (Å²) < 4.78 is 18.3. The Morgan fingerprint density at radius 3 is 2.75 bits per heavy atom. The van der Waals surface area contributed by atoms with Crippen LogP contribution in [0.1, 0.15) is 16.1 Å². The van der Waals surface area contributed by atoms with Gasteiger partial charge in [0.25, 0.3) is 5.91 Å². The van der Waals surface area contributed by atoms with Crippen molar-refractivity contribution in [3.05, 3.63) is 45.8 Å². The molecule has 1 aromatic carbocycles. The third-order valence-corrected chi connectivity index (χ3v) is 3.10. The van der Waals surface area contributed by atoms with Gasteiger partial charge >= 0.3 is 0 Å². The Bertz CT molecular complexity index is 664. The number of rotatable bonds is 3. The number of hydrogen-bond donors (Lipinski definition) is 1. The minimum atomic E-state index is -0.440. The summed E-state index contributed by atoms with van der Waals surface area (Å²) in [6.45, 7) is 1.76. The monoisotopic (exact) mass is 339 g/mol. The number of aromatic nitrogens is 2. The molecule has 0 aliphatic rings. The number of nitrogens with one attached hydrogen (secondary N) is 1. The molecule has 0 saturated heterocycles. The van der Waals surface area contributed by atoms with E-state index in [0.717, 1.165) is 0 Å². The second kappa shape index (κ2) is 5.96. The molecular formula is C13H11BrFN3O2. The molecule has 2 aromatic rings. The van der Waals surface area contributed by atoms with Gasteiger partial charge in [-0.1, -0.05) is 0 Å². The highest BCUT2D eigenvalue weighted by molar-refractivity contribution is 9.10. The Balaban J connectivity index is 2.25. The molecule has 0 fully saturated rings. The van der Waals surface area contributed by atoms with Gasteiger partial charge in [-0.3, -0.25) is 10.1 Å². The van der Waals surface area contributed by atoms with E-state index in [0.29, 0.717) is 16.0 Å². The molecule has 5 nitrogen and oxygen atoms in total. The van der Waals surface area contributed by atoms with Gasteiger partial charge in [0.1, 0.15) is 5.82 Å². The summed E-state index contributed by atoms with van der Waals surface area (Å²) in [5.41, 5.74) is 0.945. The van der Waals surface area contributed by atoms with Crippen molar-refractivity contribution in [2.75, 3.05) is 12.4 Å². The van der Waals surface area contributed by atoms with Crippen molar-refractivity contribution in [1.29, 1.82) is 0 Å². The minimum absolute atomic E-state index is 0.128. The zero-order valence-electron chi connectivity index (χ0n) is 10.8. The van der Waals surface area contributed by atoms with Crippen molar-refractivity contribution in [3.63, 3.8) is 0 Å². The van der Waals surface area contributed by atoms with E-state index < -0.39 is 11.7 Å². The topological polar surface area (TPSA) is 64.1 Å². The average Bonchev–Trinajstić information content (AvgIpc) is 2.37. The molecule has 7 heteroatoms. The van der Waals surface area contributed by atoms with Crippen LogP contribution in [0.4, 0.5) is 10.3 Å². The molecule has 0 spiro atoms. The van der Waals surface area contributed by atoms with E-state index in [1.165, 1.54) is 25.3 Å². The standard InChI is InChI=1S/C13H11BrFN3O2/c1-7-5-11(20-2)17-13(16-7)18-12(19)9-4-3-8(15)6-10(9)14/h3-6H,1-2H3,(H,16,17,18,19). The van der Waals surface area contributed by atoms with Gasteiger partial charge in [0, 0.05) is 16.2 Å². The van der Waals surface area contributed by atoms with Gasteiger partial charge in [0.15, 0.2) is 0 Å². The van der Waals surface area contributed by atoms with Gasteiger partial charge in [0.05, 0.1) is 12.7 Å². The molecule has 0 aliphatic heterocycles. The van der Waals surface area contributed by atoms with E-state index in [2.05, 4.69) is 31.2 Å². The maximum absolute atomic E-state index is 13.0. The number of anilines is 1. The van der Waals surface area contributed by atoms with Gasteiger partial charge in [-0.05, 0) is 41.1 Å². The largest absolute Gasteiger partial charge is 0.481 e. The molecule has 0 atom stereocenters. The van der Waals surface area contributed by atoms with Crippen molar-refractivity contribution >= 4 is 27.8 Å². The quantitative estimate of drug-likeness (QED) is 0.933. The molecule has 1 aromatic heterocycles. The normalized spacial score (nSPS) is 10.2. The van der Waals surface area contributed by atoms with Crippen LogP contribution >= 0.6 is 15.9 Å². The number of halogens is 2. The van der Waals surface area contributed by atoms with E-state index in [1.807, 2.05) is 0 Å². The van der Waals surface area contributed by atoms with Crippen molar-refractivity contribution in [1.82, 2.24) is 9.97 Å². The third kappa shape index (κ3) is 3.30. The maximum Gasteiger partial charge on any atom is 0.259 e. The molecule has 0 unspecified atom stereocenters. The molecule has 1 amide bonds. The first-order valence-electron chi connectivity index (χ1n) is 5.65. The summed E-state index contributed by atoms with van der Waals surface area (Å²) in [6, 6.07) is 5.44. The number of nitrogens with zero attached hydrogens (tertiary/aromatic N) is 2. The summed E-state index contributed by atoms with van der Waals surface area (Å²) in [5.74, 6) is -0.388. The van der Waals surface area contributed by atoms with E-state index >= 15 is 0 Å². The average molecular weight is 340 g/mol. The molecule has 0 bridgehead atoms. The van der Waals surface area contributed by atoms with Crippen LogP contribution in [0.15, 0.2) is 28.7 Å². The Kier molecular flexibility index (Phi) is 4.29. The fourth-order valence-electron chi connectivity index (χ4n) is 1.54. The Morgan fingerprint density at radius 1 is 1.35 bits per heavy atom. The first-order chi connectivity index (χ1) is 9.49. The second-order valence-electron chi connectivity index (χ2n) is 3.95. The molecule has 104 valence electrons. The zero-order valence-corrected chi connectivity index (χ0v) is 12.4. The maximum atomic E-state index is 13.0. The van der Waals surface area contributed by atoms with Gasteiger partial charge in [-0.2, -0.15) is 4.98 Å². The molecule has 0 aliphatic carbocycles. The van der Waals surface area contributed by atoms with Crippen LogP contribution in [-0.4, -0.2) is 23.0 Å². The smallest absolute Gasteiger partial charge is 0.259 e. The fraction of sp³-hybridized carbons (Fsp3) is 0.154. The van der Waals surface area contributed by atoms with Crippen LogP contribution < -0.4 is 10.1 Å². The Hall–Kier alpha value is -2.02. The summed E-state index contributed by atoms with van der Waals surface area (Å²) in [5, 5.41) is 2.54. The lowest BCUT2D eigenvalue weighted by atomic mass is 10.2. The van der Waals surface area contributed by atoms with Crippen LogP contribution in [0, 0.1) is 12.7 Å². The number of amides is 1. The predicted octanol–water partition coefficient (Wildman–Crippen LogP) is 2.95. The fourth-order valence-corrected chi connectivity index (χ4v) is 2.07. The number of methoxy groups -OCH3 is 1. The number of benzene rings is 1. The molecule has 2 rings (SSSR count). The SMILES string of the molecule is COc1cc(C)nc(NC(=O)c2ccc(F)cc2Br)n1. The summed E-state index contributed by atoms with van der Waals surface area (Å²) >= 11 is 3.14. The van der Waals surface area contributed by atoms with Crippen molar-refractivity contribution in [2.45, 2.75) is 6.92 Å². The molecular weight excluding hydrogens is 329 g/mol. The molecule has 0 saturated carbocycles. The van der Waals surface area contributed by atoms with E-state index in [9.17, 15) is 9.18 Å². The summed E-state index contributed by atoms with van der Waals surface area (Å²) in [6.07, 6.45) is 0. The highest BCUT2D eigenvalue weighted by Gasteiger charge is 2.13. The lowest BCUT2D eigenvalue weighted by Gasteiger charge is -2.07. The first-order valence-corrected chi connectivity index (χ1v) is 6.45. The summed E-state index contributed by atoms with van der Waals surface area (Å²) in [7, 11) is 1.48. The van der Waals surface area contributed by atoms with E-state index in [4.69, 9.17) is 4.74 Å². The Morgan fingerprint density at radius 2 is 2.10 bits per heavy atom. The van der Waals surface area contributed by atoms with Crippen molar-refractivity contribution in [2.24, 2.45) is 0 Å². The lowest BCUT2D eigenvalue weighted by molar-refractivity contribution is 0.102. The molecule has 1 N–H and O–H groups in total. The van der Waals surface area contributed by atoms with Crippen LogP contribution in [0.2, 0.25) is 0 Å². The number of carbonyl (C=O) groups is 1. The number of ether oxygens (including phenoxy) is 1. The van der Waals surface area contributed by atoms with Crippen LogP contribution in [0.3, 0.4) is 0 Å². The van der Waals surface area contributed by atoms with Gasteiger partial charge in [-0.15, -0.1) is 0 Å². The van der Waals surface area contributed by atoms with Crippen molar-refractivity contribution < 1.29 is 13.9 Å². The molecule has 20 heavy (non-hydrogen) atoms. The zero-order chi connectivity index (χ0) is 14.7. The van der Waals surface area contributed by atoms with Crippen LogP contribution in [-0.2, 0) is 0 Å². The number of aryl methyl sites for hydroxylation is 1. The first kappa shape index (κ1) is 14.4. The van der Waals surface area contributed by atoms with Crippen LogP contribution in [0.5, 0.6) is 5.88 Å². The van der Waals surface area contributed by atoms with Gasteiger partial charge in [0.2, 0.25) is 11.8 Å². The highest BCUT2D eigenvalue weighted by atomic mass is 79.9. The van der Waals surface area contributed by atoms with Gasteiger partial charge < -0.3 is 4.74 Å². The second-order valence-corrected chi connectivity index (χ2v) is 4.81. The molecule has 1 heterocycles. The highest BCUT2D eigenvalue weighted by Crippen LogP contribution is 2.19. The summed E-state index contributed by atoms with van der Waals surface area (Å²) in [4.78, 5) is 20.2. The van der Waals surface area contributed by atoms with Gasteiger partial charge in [-0.25, -0.2) is 9.37 Å². The number of hydrogen-bond acceptors (Lipinski definition) is 4. The Labute approximate surface area is 123 Å². The lowest BCUT2D eigenvalue weighted by Crippen LogP contribution is -2.15. The number of carbonyl (C=O) groups excluding carboxylic acids is 1. The van der Waals surface area contributed by atoms with E-state index in [-0.39, 0.29) is 11.5 Å². The predicted molar refractivity (Wildman–Crippen MR) is 75.4 cm³/mol. The van der Waals surface area contributed by atoms with Crippen LogP contribution in [0.25, 0.3) is 0 Å². The molecule has 0 radical (unpaired) electrons. The van der Waals surface area contributed by atoms with Crippen molar-refractivity contribution in [3.8, 4) is 5.88 Å².